The summed E-state index contributed by atoms with van der Waals surface area (Å²) < 4.78 is 5.55. The molecule has 13 heavy (non-hydrogen) atoms. The first kappa shape index (κ1) is 10.9. The molecule has 1 aliphatic heterocycles. The highest BCUT2D eigenvalue weighted by molar-refractivity contribution is 7.81. The van der Waals surface area contributed by atoms with Gasteiger partial charge in [0.1, 0.15) is 0 Å². The summed E-state index contributed by atoms with van der Waals surface area (Å²) in [5, 5.41) is 2.86. The molecule has 0 aliphatic carbocycles. The SMILES string of the molecule is CC(NC(=O)CS)C1CCCCO1. The van der Waals surface area contributed by atoms with E-state index in [0.717, 1.165) is 19.4 Å². The number of ether oxygens (including phenoxy) is 1. The highest BCUT2D eigenvalue weighted by atomic mass is 32.1. The highest BCUT2D eigenvalue weighted by Gasteiger charge is 2.21. The quantitative estimate of drug-likeness (QED) is 0.671. The maximum absolute atomic E-state index is 11.0. The molecule has 0 bridgehead atoms. The van der Waals surface area contributed by atoms with Gasteiger partial charge in [0, 0.05) is 6.61 Å². The van der Waals surface area contributed by atoms with Gasteiger partial charge in [-0.05, 0) is 26.2 Å². The molecule has 4 heteroatoms. The lowest BCUT2D eigenvalue weighted by Crippen LogP contribution is -2.44. The fourth-order valence-electron chi connectivity index (χ4n) is 1.55. The molecule has 1 amide bonds. The molecule has 0 spiro atoms. The van der Waals surface area contributed by atoms with Crippen LogP contribution in [-0.2, 0) is 9.53 Å². The number of carbonyl (C=O) groups excluding carboxylic acids is 1. The van der Waals surface area contributed by atoms with Gasteiger partial charge in [-0.15, -0.1) is 0 Å². The Balaban J connectivity index is 2.28. The van der Waals surface area contributed by atoms with Crippen LogP contribution in [0.4, 0.5) is 0 Å². The summed E-state index contributed by atoms with van der Waals surface area (Å²) in [6, 6.07) is 0.111. The predicted octanol–water partition coefficient (Wildman–Crippen LogP) is 0.990. The summed E-state index contributed by atoms with van der Waals surface area (Å²) in [5.74, 6) is 0.224. The van der Waals surface area contributed by atoms with E-state index in [1.807, 2.05) is 6.92 Å². The average molecular weight is 203 g/mol. The molecular formula is C9H17NO2S. The third-order valence-corrected chi connectivity index (χ3v) is 2.59. The van der Waals surface area contributed by atoms with Crippen molar-refractivity contribution in [1.29, 1.82) is 0 Å². The van der Waals surface area contributed by atoms with E-state index in [2.05, 4.69) is 17.9 Å². The molecule has 1 rings (SSSR count). The second-order valence-corrected chi connectivity index (χ2v) is 3.74. The van der Waals surface area contributed by atoms with Gasteiger partial charge < -0.3 is 10.1 Å². The Bertz CT molecular complexity index is 169. The summed E-state index contributed by atoms with van der Waals surface area (Å²) >= 11 is 3.90. The second-order valence-electron chi connectivity index (χ2n) is 3.42. The van der Waals surface area contributed by atoms with Crippen molar-refractivity contribution in [2.75, 3.05) is 12.4 Å². The highest BCUT2D eigenvalue weighted by Crippen LogP contribution is 2.15. The maximum atomic E-state index is 11.0. The van der Waals surface area contributed by atoms with E-state index in [1.54, 1.807) is 0 Å². The summed E-state index contributed by atoms with van der Waals surface area (Å²) in [4.78, 5) is 11.0. The van der Waals surface area contributed by atoms with Crippen LogP contribution in [0.3, 0.4) is 0 Å². The Kier molecular flexibility index (Phi) is 4.59. The van der Waals surface area contributed by atoms with Crippen molar-refractivity contribution in [3.05, 3.63) is 0 Å². The molecular weight excluding hydrogens is 186 g/mol. The molecule has 0 aromatic carbocycles. The van der Waals surface area contributed by atoms with Gasteiger partial charge in [0.05, 0.1) is 17.9 Å². The lowest BCUT2D eigenvalue weighted by molar-refractivity contribution is -0.120. The molecule has 0 radical (unpaired) electrons. The van der Waals surface area contributed by atoms with Crippen molar-refractivity contribution in [2.45, 2.75) is 38.3 Å². The first-order chi connectivity index (χ1) is 6.24. The molecule has 0 aromatic heterocycles. The molecule has 2 unspecified atom stereocenters. The number of carbonyl (C=O) groups is 1. The zero-order valence-electron chi connectivity index (χ0n) is 7.95. The van der Waals surface area contributed by atoms with Crippen LogP contribution in [0.1, 0.15) is 26.2 Å². The lowest BCUT2D eigenvalue weighted by atomic mass is 10.0. The zero-order chi connectivity index (χ0) is 9.68. The molecule has 1 N–H and O–H groups in total. The largest absolute Gasteiger partial charge is 0.376 e. The first-order valence-electron chi connectivity index (χ1n) is 4.76. The predicted molar refractivity (Wildman–Crippen MR) is 55.0 cm³/mol. The fraction of sp³-hybridized carbons (Fsp3) is 0.889. The molecule has 2 atom stereocenters. The summed E-state index contributed by atoms with van der Waals surface area (Å²) in [5.41, 5.74) is 0. The van der Waals surface area contributed by atoms with E-state index in [1.165, 1.54) is 6.42 Å². The standard InChI is InChI=1S/C9H17NO2S/c1-7(10-9(11)6-13)8-4-2-3-5-12-8/h7-8,13H,2-6H2,1H3,(H,10,11). The van der Waals surface area contributed by atoms with Gasteiger partial charge >= 0.3 is 0 Å². The third kappa shape index (κ3) is 3.56. The smallest absolute Gasteiger partial charge is 0.230 e. The van der Waals surface area contributed by atoms with E-state index >= 15 is 0 Å². The Morgan fingerprint density at radius 3 is 3.00 bits per heavy atom. The van der Waals surface area contributed by atoms with Crippen LogP contribution in [0.5, 0.6) is 0 Å². The van der Waals surface area contributed by atoms with E-state index in [9.17, 15) is 4.79 Å². The number of hydrogen-bond acceptors (Lipinski definition) is 3. The van der Waals surface area contributed by atoms with Crippen LogP contribution in [0.2, 0.25) is 0 Å². The summed E-state index contributed by atoms with van der Waals surface area (Å²) in [6.45, 7) is 2.81. The van der Waals surface area contributed by atoms with Crippen molar-refractivity contribution in [3.8, 4) is 0 Å². The Morgan fingerprint density at radius 1 is 1.69 bits per heavy atom. The minimum Gasteiger partial charge on any atom is -0.376 e. The third-order valence-electron chi connectivity index (χ3n) is 2.30. The number of hydrogen-bond donors (Lipinski definition) is 2. The van der Waals surface area contributed by atoms with Gasteiger partial charge in [0.2, 0.25) is 5.91 Å². The monoisotopic (exact) mass is 203 g/mol. The van der Waals surface area contributed by atoms with Crippen LogP contribution >= 0.6 is 12.6 Å². The Labute approximate surface area is 84.6 Å². The van der Waals surface area contributed by atoms with E-state index in [4.69, 9.17) is 4.74 Å². The van der Waals surface area contributed by atoms with Crippen LogP contribution in [-0.4, -0.2) is 30.4 Å². The zero-order valence-corrected chi connectivity index (χ0v) is 8.85. The van der Waals surface area contributed by atoms with Gasteiger partial charge in [0.15, 0.2) is 0 Å². The number of nitrogens with one attached hydrogen (secondary N) is 1. The van der Waals surface area contributed by atoms with E-state index in [-0.39, 0.29) is 23.8 Å². The summed E-state index contributed by atoms with van der Waals surface area (Å²) in [6.07, 6.45) is 3.58. The van der Waals surface area contributed by atoms with Crippen molar-refractivity contribution in [2.24, 2.45) is 0 Å². The van der Waals surface area contributed by atoms with Gasteiger partial charge in [-0.1, -0.05) is 0 Å². The molecule has 1 aliphatic rings. The fourth-order valence-corrected chi connectivity index (χ4v) is 1.64. The van der Waals surface area contributed by atoms with E-state index < -0.39 is 0 Å². The Morgan fingerprint density at radius 2 is 2.46 bits per heavy atom. The van der Waals surface area contributed by atoms with Crippen molar-refractivity contribution >= 4 is 18.5 Å². The second kappa shape index (κ2) is 5.50. The first-order valence-corrected chi connectivity index (χ1v) is 5.39. The minimum absolute atomic E-state index is 0.0231. The molecule has 1 fully saturated rings. The summed E-state index contributed by atoms with van der Waals surface area (Å²) in [7, 11) is 0. The normalized spacial score (nSPS) is 25.2. The van der Waals surface area contributed by atoms with Gasteiger partial charge in [-0.3, -0.25) is 4.79 Å². The van der Waals surface area contributed by atoms with Gasteiger partial charge in [-0.25, -0.2) is 0 Å². The maximum Gasteiger partial charge on any atom is 0.230 e. The van der Waals surface area contributed by atoms with Crippen molar-refractivity contribution < 1.29 is 9.53 Å². The van der Waals surface area contributed by atoms with Gasteiger partial charge in [0.25, 0.3) is 0 Å². The van der Waals surface area contributed by atoms with Crippen LogP contribution in [0.15, 0.2) is 0 Å². The average Bonchev–Trinajstić information content (AvgIpc) is 2.19. The molecule has 1 saturated heterocycles. The molecule has 0 saturated carbocycles. The molecule has 0 aromatic rings. The van der Waals surface area contributed by atoms with Crippen LogP contribution < -0.4 is 5.32 Å². The molecule has 3 nitrogen and oxygen atoms in total. The van der Waals surface area contributed by atoms with Crippen molar-refractivity contribution in [3.63, 3.8) is 0 Å². The Hall–Kier alpha value is -0.220. The van der Waals surface area contributed by atoms with Crippen LogP contribution in [0.25, 0.3) is 0 Å². The molecule has 76 valence electrons. The lowest BCUT2D eigenvalue weighted by Gasteiger charge is -2.28. The number of rotatable bonds is 3. The van der Waals surface area contributed by atoms with Crippen LogP contribution in [0, 0.1) is 0 Å². The van der Waals surface area contributed by atoms with Crippen molar-refractivity contribution in [1.82, 2.24) is 5.32 Å². The van der Waals surface area contributed by atoms with Gasteiger partial charge in [-0.2, -0.15) is 12.6 Å². The number of amides is 1. The molecule has 1 heterocycles. The minimum atomic E-state index is -0.0231. The number of thiol groups is 1. The van der Waals surface area contributed by atoms with E-state index in [0.29, 0.717) is 0 Å². The topological polar surface area (TPSA) is 38.3 Å².